The van der Waals surface area contributed by atoms with Crippen LogP contribution >= 0.6 is 23.4 Å². The maximum Gasteiger partial charge on any atom is 0.288 e. The van der Waals surface area contributed by atoms with Gasteiger partial charge in [-0.05, 0) is 36.4 Å². The van der Waals surface area contributed by atoms with Crippen LogP contribution in [0.15, 0.2) is 41.3 Å². The third kappa shape index (κ3) is 4.14. The molecular formula is C14H8ClF4NOS. The lowest BCUT2D eigenvalue weighted by Crippen LogP contribution is -2.13. The highest BCUT2D eigenvalue weighted by molar-refractivity contribution is 7.99. The molecule has 0 bridgehead atoms. The van der Waals surface area contributed by atoms with Gasteiger partial charge in [0.15, 0.2) is 11.6 Å². The number of thioether (sulfide) groups is 1. The Morgan fingerprint density at radius 1 is 1.09 bits per heavy atom. The summed E-state index contributed by atoms with van der Waals surface area (Å²) in [6.45, 7) is 0. The van der Waals surface area contributed by atoms with Crippen molar-refractivity contribution >= 4 is 35.0 Å². The van der Waals surface area contributed by atoms with Gasteiger partial charge in [-0.25, -0.2) is 8.78 Å². The molecule has 0 fully saturated rings. The molecule has 0 aliphatic carbocycles. The molecule has 0 aliphatic heterocycles. The molecule has 0 heterocycles. The largest absolute Gasteiger partial charge is 0.322 e. The average molecular weight is 350 g/mol. The summed E-state index contributed by atoms with van der Waals surface area (Å²) in [5.74, 6) is -5.63. The van der Waals surface area contributed by atoms with Crippen LogP contribution in [0.5, 0.6) is 0 Å². The van der Waals surface area contributed by atoms with E-state index in [0.717, 1.165) is 0 Å². The topological polar surface area (TPSA) is 29.1 Å². The van der Waals surface area contributed by atoms with Gasteiger partial charge in [0, 0.05) is 10.6 Å². The van der Waals surface area contributed by atoms with E-state index in [4.69, 9.17) is 11.6 Å². The van der Waals surface area contributed by atoms with Crippen LogP contribution in [0.4, 0.5) is 23.2 Å². The Hall–Kier alpha value is -1.73. The standard InChI is InChI=1S/C14H8ClF4NOS/c15-10-6-12(17)11(16)5-9(10)13(21)20-7-1-3-8(4-2-7)22-14(18)19/h1-6,14H,(H,20,21). The van der Waals surface area contributed by atoms with Gasteiger partial charge in [-0.3, -0.25) is 4.79 Å². The first kappa shape index (κ1) is 16.6. The zero-order valence-electron chi connectivity index (χ0n) is 10.7. The van der Waals surface area contributed by atoms with E-state index in [9.17, 15) is 22.4 Å². The third-order valence-electron chi connectivity index (χ3n) is 2.59. The molecule has 0 spiro atoms. The van der Waals surface area contributed by atoms with E-state index in [0.29, 0.717) is 34.5 Å². The molecule has 0 atom stereocenters. The summed E-state index contributed by atoms with van der Waals surface area (Å²) in [6, 6.07) is 7.02. The van der Waals surface area contributed by atoms with Gasteiger partial charge in [0.2, 0.25) is 0 Å². The van der Waals surface area contributed by atoms with Crippen molar-refractivity contribution in [1.82, 2.24) is 0 Å². The van der Waals surface area contributed by atoms with Crippen molar-refractivity contribution in [3.63, 3.8) is 0 Å². The molecule has 8 heteroatoms. The smallest absolute Gasteiger partial charge is 0.288 e. The maximum atomic E-state index is 13.1. The minimum absolute atomic E-state index is 0.230. The van der Waals surface area contributed by atoms with Crippen LogP contribution in [0, 0.1) is 11.6 Å². The number of carbonyl (C=O) groups excluding carboxylic acids is 1. The van der Waals surface area contributed by atoms with Crippen molar-refractivity contribution in [2.24, 2.45) is 0 Å². The first-order valence-electron chi connectivity index (χ1n) is 5.87. The normalized spacial score (nSPS) is 10.8. The monoisotopic (exact) mass is 349 g/mol. The Kier molecular flexibility index (Phi) is 5.31. The Bertz CT molecular complexity index is 694. The third-order valence-corrected chi connectivity index (χ3v) is 3.63. The van der Waals surface area contributed by atoms with Gasteiger partial charge in [0.1, 0.15) is 0 Å². The number of benzene rings is 2. The summed E-state index contributed by atoms with van der Waals surface area (Å²) in [5.41, 5.74) is 0.0796. The van der Waals surface area contributed by atoms with Crippen molar-refractivity contribution in [3.05, 3.63) is 58.6 Å². The number of anilines is 1. The van der Waals surface area contributed by atoms with Gasteiger partial charge in [-0.1, -0.05) is 23.4 Å². The summed E-state index contributed by atoms with van der Waals surface area (Å²) >= 11 is 6.06. The Balaban J connectivity index is 2.13. The molecule has 116 valence electrons. The lowest BCUT2D eigenvalue weighted by atomic mass is 10.2. The van der Waals surface area contributed by atoms with Crippen LogP contribution in [-0.2, 0) is 0 Å². The van der Waals surface area contributed by atoms with Crippen LogP contribution in [-0.4, -0.2) is 11.7 Å². The van der Waals surface area contributed by atoms with Crippen molar-refractivity contribution in [3.8, 4) is 0 Å². The van der Waals surface area contributed by atoms with E-state index >= 15 is 0 Å². The van der Waals surface area contributed by atoms with Crippen molar-refractivity contribution in [2.75, 3.05) is 5.32 Å². The van der Waals surface area contributed by atoms with Gasteiger partial charge in [-0.2, -0.15) is 8.78 Å². The summed E-state index contributed by atoms with van der Waals surface area (Å²) in [7, 11) is 0. The predicted molar refractivity (Wildman–Crippen MR) is 77.6 cm³/mol. The molecular weight excluding hydrogens is 342 g/mol. The molecule has 2 aromatic rings. The Morgan fingerprint density at radius 2 is 1.68 bits per heavy atom. The van der Waals surface area contributed by atoms with E-state index < -0.39 is 23.3 Å². The zero-order chi connectivity index (χ0) is 16.3. The molecule has 0 aliphatic rings. The molecule has 2 nitrogen and oxygen atoms in total. The predicted octanol–water partition coefficient (Wildman–Crippen LogP) is 5.19. The number of carbonyl (C=O) groups is 1. The number of halogens is 5. The Labute approximate surface area is 132 Å². The second-order valence-corrected chi connectivity index (χ2v) is 5.57. The van der Waals surface area contributed by atoms with Gasteiger partial charge < -0.3 is 5.32 Å². The van der Waals surface area contributed by atoms with Gasteiger partial charge in [-0.15, -0.1) is 0 Å². The number of hydrogen-bond acceptors (Lipinski definition) is 2. The second-order valence-electron chi connectivity index (χ2n) is 4.10. The fourth-order valence-electron chi connectivity index (χ4n) is 1.61. The van der Waals surface area contributed by atoms with E-state index in [1.807, 2.05) is 0 Å². The molecule has 0 aromatic heterocycles. The van der Waals surface area contributed by atoms with Crippen LogP contribution in [0.3, 0.4) is 0 Å². The van der Waals surface area contributed by atoms with E-state index in [1.54, 1.807) is 0 Å². The number of alkyl halides is 2. The molecule has 22 heavy (non-hydrogen) atoms. The van der Waals surface area contributed by atoms with Crippen LogP contribution in [0.1, 0.15) is 10.4 Å². The number of amides is 1. The van der Waals surface area contributed by atoms with E-state index in [2.05, 4.69) is 5.32 Å². The number of nitrogens with one attached hydrogen (secondary N) is 1. The van der Waals surface area contributed by atoms with Crippen LogP contribution in [0.25, 0.3) is 0 Å². The molecule has 2 rings (SSSR count). The van der Waals surface area contributed by atoms with Crippen LogP contribution < -0.4 is 5.32 Å². The molecule has 0 saturated heterocycles. The molecule has 0 radical (unpaired) electrons. The quantitative estimate of drug-likeness (QED) is 0.468. The van der Waals surface area contributed by atoms with Gasteiger partial charge in [0.25, 0.3) is 11.7 Å². The molecule has 1 amide bonds. The minimum atomic E-state index is -2.54. The first-order chi connectivity index (χ1) is 10.4. The van der Waals surface area contributed by atoms with Gasteiger partial charge in [0.05, 0.1) is 10.6 Å². The number of hydrogen-bond donors (Lipinski definition) is 1. The fourth-order valence-corrected chi connectivity index (χ4v) is 2.35. The molecule has 0 saturated carbocycles. The van der Waals surface area contributed by atoms with E-state index in [1.165, 1.54) is 24.3 Å². The SMILES string of the molecule is O=C(Nc1ccc(SC(F)F)cc1)c1cc(F)c(F)cc1Cl. The van der Waals surface area contributed by atoms with Crippen molar-refractivity contribution in [2.45, 2.75) is 10.7 Å². The van der Waals surface area contributed by atoms with Crippen molar-refractivity contribution in [1.29, 1.82) is 0 Å². The summed E-state index contributed by atoms with van der Waals surface area (Å²) < 4.78 is 50.4. The maximum absolute atomic E-state index is 13.1. The molecule has 0 unspecified atom stereocenters. The highest BCUT2D eigenvalue weighted by atomic mass is 35.5. The summed E-state index contributed by atoms with van der Waals surface area (Å²) in [5, 5.41) is 2.18. The van der Waals surface area contributed by atoms with Crippen molar-refractivity contribution < 1.29 is 22.4 Å². The molecule has 2 aromatic carbocycles. The fraction of sp³-hybridized carbons (Fsp3) is 0.0714. The minimum Gasteiger partial charge on any atom is -0.322 e. The second kappa shape index (κ2) is 7.02. The van der Waals surface area contributed by atoms with Crippen LogP contribution in [0.2, 0.25) is 5.02 Å². The lowest BCUT2D eigenvalue weighted by Gasteiger charge is -2.08. The van der Waals surface area contributed by atoms with E-state index in [-0.39, 0.29) is 10.6 Å². The highest BCUT2D eigenvalue weighted by Gasteiger charge is 2.15. The number of rotatable bonds is 4. The lowest BCUT2D eigenvalue weighted by molar-refractivity contribution is 0.102. The highest BCUT2D eigenvalue weighted by Crippen LogP contribution is 2.27. The summed E-state index contributed by atoms with van der Waals surface area (Å²) in [4.78, 5) is 12.3. The first-order valence-corrected chi connectivity index (χ1v) is 7.13. The van der Waals surface area contributed by atoms with Gasteiger partial charge >= 0.3 is 0 Å². The zero-order valence-corrected chi connectivity index (χ0v) is 12.3. The molecule has 1 N–H and O–H groups in total. The Morgan fingerprint density at radius 3 is 2.27 bits per heavy atom. The summed E-state index contributed by atoms with van der Waals surface area (Å²) in [6.07, 6.45) is 0. The average Bonchev–Trinajstić information content (AvgIpc) is 2.44.